The van der Waals surface area contributed by atoms with Gasteiger partial charge >= 0.3 is 0 Å². The van der Waals surface area contributed by atoms with Crippen molar-refractivity contribution in [3.63, 3.8) is 0 Å². The van der Waals surface area contributed by atoms with Crippen LogP contribution >= 0.6 is 0 Å². The fourth-order valence-corrected chi connectivity index (χ4v) is 3.38. The number of anilines is 1. The highest BCUT2D eigenvalue weighted by molar-refractivity contribution is 6.01. The highest BCUT2D eigenvalue weighted by Crippen LogP contribution is 2.34. The molecule has 3 aromatic rings. The molecule has 0 bridgehead atoms. The second kappa shape index (κ2) is 6.92. The number of phenolic OH excluding ortho intramolecular Hbond substituents is 1. The van der Waals surface area contributed by atoms with E-state index < -0.39 is 0 Å². The SMILES string of the molecule is O=C1c2ccccc2N[C@H](c2cccc(O)c2)N1CCc1ccccc1. The number of hydrogen-bond donors (Lipinski definition) is 2. The number of benzene rings is 3. The van der Waals surface area contributed by atoms with Crippen LogP contribution in [0.15, 0.2) is 78.9 Å². The lowest BCUT2D eigenvalue weighted by Gasteiger charge is -2.38. The molecule has 1 aliphatic heterocycles. The largest absolute Gasteiger partial charge is 0.508 e. The van der Waals surface area contributed by atoms with E-state index >= 15 is 0 Å². The van der Waals surface area contributed by atoms with Gasteiger partial charge in [0.25, 0.3) is 5.91 Å². The van der Waals surface area contributed by atoms with Gasteiger partial charge in [-0.1, -0.05) is 54.6 Å². The quantitative estimate of drug-likeness (QED) is 0.746. The van der Waals surface area contributed by atoms with E-state index in [0.717, 1.165) is 17.7 Å². The Balaban J connectivity index is 1.68. The molecule has 0 aliphatic carbocycles. The van der Waals surface area contributed by atoms with Crippen LogP contribution in [0.3, 0.4) is 0 Å². The molecule has 0 saturated carbocycles. The molecule has 4 heteroatoms. The predicted molar refractivity (Wildman–Crippen MR) is 102 cm³/mol. The molecule has 1 amide bonds. The number of carbonyl (C=O) groups is 1. The molecule has 0 aromatic heterocycles. The highest BCUT2D eigenvalue weighted by atomic mass is 16.3. The van der Waals surface area contributed by atoms with Crippen LogP contribution in [0.2, 0.25) is 0 Å². The first-order valence-corrected chi connectivity index (χ1v) is 8.72. The molecule has 130 valence electrons. The van der Waals surface area contributed by atoms with Crippen molar-refractivity contribution in [2.45, 2.75) is 12.6 Å². The third-order valence-electron chi connectivity index (χ3n) is 4.69. The van der Waals surface area contributed by atoms with Crippen molar-refractivity contribution in [3.8, 4) is 5.75 Å². The predicted octanol–water partition coefficient (Wildman–Crippen LogP) is 4.20. The van der Waals surface area contributed by atoms with E-state index in [1.165, 1.54) is 5.56 Å². The van der Waals surface area contributed by atoms with E-state index in [2.05, 4.69) is 17.4 Å². The molecule has 3 aromatic carbocycles. The van der Waals surface area contributed by atoms with Gasteiger partial charge in [-0.3, -0.25) is 4.79 Å². The summed E-state index contributed by atoms with van der Waals surface area (Å²) in [6.45, 7) is 0.588. The lowest BCUT2D eigenvalue weighted by Crippen LogP contribution is -2.43. The average molecular weight is 344 g/mol. The van der Waals surface area contributed by atoms with Gasteiger partial charge in [-0.2, -0.15) is 0 Å². The van der Waals surface area contributed by atoms with Gasteiger partial charge in [-0.05, 0) is 41.8 Å². The topological polar surface area (TPSA) is 52.6 Å². The van der Waals surface area contributed by atoms with Crippen LogP contribution in [0.1, 0.15) is 27.7 Å². The zero-order valence-corrected chi connectivity index (χ0v) is 14.3. The van der Waals surface area contributed by atoms with Crippen molar-refractivity contribution in [1.82, 2.24) is 4.90 Å². The molecule has 1 heterocycles. The van der Waals surface area contributed by atoms with E-state index in [1.54, 1.807) is 18.2 Å². The zero-order valence-electron chi connectivity index (χ0n) is 14.3. The molecule has 0 saturated heterocycles. The third-order valence-corrected chi connectivity index (χ3v) is 4.69. The van der Waals surface area contributed by atoms with Crippen LogP contribution in [0.25, 0.3) is 0 Å². The number of hydrogen-bond acceptors (Lipinski definition) is 3. The van der Waals surface area contributed by atoms with Gasteiger partial charge in [0, 0.05) is 12.2 Å². The first kappa shape index (κ1) is 16.2. The van der Waals surface area contributed by atoms with E-state index in [0.29, 0.717) is 12.1 Å². The Morgan fingerprint density at radius 1 is 0.923 bits per heavy atom. The summed E-state index contributed by atoms with van der Waals surface area (Å²) in [7, 11) is 0. The fraction of sp³-hybridized carbons (Fsp3) is 0.136. The summed E-state index contributed by atoms with van der Waals surface area (Å²) < 4.78 is 0. The van der Waals surface area contributed by atoms with Gasteiger partial charge in [-0.25, -0.2) is 0 Å². The molecule has 1 atom stereocenters. The smallest absolute Gasteiger partial charge is 0.257 e. The van der Waals surface area contributed by atoms with Crippen molar-refractivity contribution in [3.05, 3.63) is 95.6 Å². The number of carbonyl (C=O) groups excluding carboxylic acids is 1. The number of amides is 1. The summed E-state index contributed by atoms with van der Waals surface area (Å²) in [6, 6.07) is 24.8. The van der Waals surface area contributed by atoms with Crippen molar-refractivity contribution in [2.24, 2.45) is 0 Å². The van der Waals surface area contributed by atoms with Crippen LogP contribution in [0, 0.1) is 0 Å². The summed E-state index contributed by atoms with van der Waals surface area (Å²) >= 11 is 0. The summed E-state index contributed by atoms with van der Waals surface area (Å²) in [6.07, 6.45) is 0.458. The normalized spacial score (nSPS) is 16.1. The van der Waals surface area contributed by atoms with Crippen LogP contribution in [-0.4, -0.2) is 22.5 Å². The van der Waals surface area contributed by atoms with E-state index in [1.807, 2.05) is 53.4 Å². The molecule has 0 spiro atoms. The van der Waals surface area contributed by atoms with Crippen LogP contribution in [0.5, 0.6) is 5.75 Å². The standard InChI is InChI=1S/C22H20N2O2/c25-18-10-6-9-17(15-18)21-23-20-12-5-4-11-19(20)22(26)24(21)14-13-16-7-2-1-3-8-16/h1-12,15,21,23,25H,13-14H2/t21-/m0/s1. The summed E-state index contributed by atoms with van der Waals surface area (Å²) in [5.74, 6) is 0.197. The minimum atomic E-state index is -0.312. The maximum Gasteiger partial charge on any atom is 0.257 e. The van der Waals surface area contributed by atoms with Crippen molar-refractivity contribution in [1.29, 1.82) is 0 Å². The van der Waals surface area contributed by atoms with Gasteiger partial charge in [0.1, 0.15) is 11.9 Å². The lowest BCUT2D eigenvalue weighted by atomic mass is 10.0. The second-order valence-corrected chi connectivity index (χ2v) is 6.42. The van der Waals surface area contributed by atoms with Crippen LogP contribution < -0.4 is 5.32 Å². The average Bonchev–Trinajstić information content (AvgIpc) is 2.68. The van der Waals surface area contributed by atoms with E-state index in [4.69, 9.17) is 0 Å². The monoisotopic (exact) mass is 344 g/mol. The van der Waals surface area contributed by atoms with Crippen molar-refractivity contribution >= 4 is 11.6 Å². The van der Waals surface area contributed by atoms with Gasteiger partial charge in [0.2, 0.25) is 0 Å². The lowest BCUT2D eigenvalue weighted by molar-refractivity contribution is 0.0685. The number of fused-ring (bicyclic) bond motifs is 1. The van der Waals surface area contributed by atoms with Gasteiger partial charge in [0.05, 0.1) is 5.56 Å². The summed E-state index contributed by atoms with van der Waals surface area (Å²) in [4.78, 5) is 15.0. The Morgan fingerprint density at radius 3 is 2.50 bits per heavy atom. The fourth-order valence-electron chi connectivity index (χ4n) is 3.38. The molecule has 0 radical (unpaired) electrons. The Morgan fingerprint density at radius 2 is 1.69 bits per heavy atom. The summed E-state index contributed by atoms with van der Waals surface area (Å²) in [5.41, 5.74) is 3.55. The number of para-hydroxylation sites is 1. The number of phenols is 1. The highest BCUT2D eigenvalue weighted by Gasteiger charge is 2.32. The van der Waals surface area contributed by atoms with Gasteiger partial charge in [-0.15, -0.1) is 0 Å². The molecular formula is C22H20N2O2. The molecule has 0 fully saturated rings. The number of rotatable bonds is 4. The Hall–Kier alpha value is -3.27. The zero-order chi connectivity index (χ0) is 17.9. The number of nitrogens with one attached hydrogen (secondary N) is 1. The Labute approximate surface area is 152 Å². The summed E-state index contributed by atoms with van der Waals surface area (Å²) in [5, 5.41) is 13.3. The third kappa shape index (κ3) is 3.14. The first-order valence-electron chi connectivity index (χ1n) is 8.72. The molecule has 26 heavy (non-hydrogen) atoms. The van der Waals surface area contributed by atoms with E-state index in [-0.39, 0.29) is 17.8 Å². The van der Waals surface area contributed by atoms with Gasteiger partial charge < -0.3 is 15.3 Å². The molecule has 4 nitrogen and oxygen atoms in total. The minimum absolute atomic E-state index is 0.00336. The number of aromatic hydroxyl groups is 1. The van der Waals surface area contributed by atoms with Gasteiger partial charge in [0.15, 0.2) is 0 Å². The van der Waals surface area contributed by atoms with Crippen LogP contribution in [0.4, 0.5) is 5.69 Å². The number of nitrogens with zero attached hydrogens (tertiary/aromatic N) is 1. The minimum Gasteiger partial charge on any atom is -0.508 e. The van der Waals surface area contributed by atoms with Crippen molar-refractivity contribution < 1.29 is 9.90 Å². The van der Waals surface area contributed by atoms with Crippen LogP contribution in [-0.2, 0) is 6.42 Å². The molecular weight excluding hydrogens is 324 g/mol. The first-order chi connectivity index (χ1) is 12.7. The molecule has 4 rings (SSSR count). The molecule has 1 aliphatic rings. The Bertz CT molecular complexity index is 924. The molecule has 0 unspecified atom stereocenters. The van der Waals surface area contributed by atoms with Crippen molar-refractivity contribution in [2.75, 3.05) is 11.9 Å². The maximum absolute atomic E-state index is 13.1. The molecule has 2 N–H and O–H groups in total. The van der Waals surface area contributed by atoms with E-state index in [9.17, 15) is 9.90 Å². The Kier molecular flexibility index (Phi) is 4.32. The maximum atomic E-state index is 13.1. The second-order valence-electron chi connectivity index (χ2n) is 6.42.